The maximum absolute atomic E-state index is 13.3. The number of hydrogen-bond acceptors (Lipinski definition) is 9. The van der Waals surface area contributed by atoms with Crippen LogP contribution in [0.4, 0.5) is 17.6 Å². The Hall–Kier alpha value is -2.69. The number of anilines is 3. The van der Waals surface area contributed by atoms with E-state index in [0.717, 1.165) is 31.5 Å². The van der Waals surface area contributed by atoms with Crippen molar-refractivity contribution in [1.82, 2.24) is 20.0 Å². The second-order valence-electron chi connectivity index (χ2n) is 8.65. The van der Waals surface area contributed by atoms with Gasteiger partial charge in [-0.3, -0.25) is 9.36 Å². The molecule has 0 radical (unpaired) electrons. The smallest absolute Gasteiger partial charge is 0.262 e. The third-order valence-corrected chi connectivity index (χ3v) is 6.95. The fourth-order valence-electron chi connectivity index (χ4n) is 4.98. The van der Waals surface area contributed by atoms with Crippen LogP contribution in [0.25, 0.3) is 0 Å². The molecular formula is C20H28N8O2. The highest BCUT2D eigenvalue weighted by molar-refractivity contribution is 5.56. The normalized spacial score (nSPS) is 27.3. The minimum Gasteiger partial charge on any atom is -0.384 e. The Morgan fingerprint density at radius 3 is 2.77 bits per heavy atom. The minimum absolute atomic E-state index is 0.0255. The van der Waals surface area contributed by atoms with Crippen molar-refractivity contribution < 1.29 is 4.74 Å². The third-order valence-electron chi connectivity index (χ3n) is 6.95. The first-order valence-corrected chi connectivity index (χ1v) is 10.4. The zero-order chi connectivity index (χ0) is 21.0. The van der Waals surface area contributed by atoms with E-state index in [9.17, 15) is 4.79 Å². The van der Waals surface area contributed by atoms with E-state index in [2.05, 4.69) is 20.7 Å². The summed E-state index contributed by atoms with van der Waals surface area (Å²) in [5.41, 5.74) is 19.9. The monoisotopic (exact) mass is 412 g/mol. The second-order valence-corrected chi connectivity index (χ2v) is 8.65. The number of fused-ring (bicyclic) bond motifs is 1. The molecule has 0 amide bonds. The number of piperidine rings is 1. The van der Waals surface area contributed by atoms with E-state index >= 15 is 0 Å². The van der Waals surface area contributed by atoms with Crippen molar-refractivity contribution in [2.45, 2.75) is 38.0 Å². The predicted octanol–water partition coefficient (Wildman–Crippen LogP) is 0.110. The van der Waals surface area contributed by atoms with Gasteiger partial charge in [0, 0.05) is 37.8 Å². The molecule has 6 N–H and O–H groups in total. The number of hydrazine groups is 1. The van der Waals surface area contributed by atoms with E-state index in [1.165, 1.54) is 0 Å². The number of ether oxygens (including phenoxy) is 1. The van der Waals surface area contributed by atoms with E-state index in [1.54, 1.807) is 23.9 Å². The van der Waals surface area contributed by atoms with Gasteiger partial charge in [0.05, 0.1) is 24.3 Å². The Morgan fingerprint density at radius 2 is 2.10 bits per heavy atom. The zero-order valence-corrected chi connectivity index (χ0v) is 17.3. The van der Waals surface area contributed by atoms with Crippen molar-refractivity contribution in [3.8, 4) is 0 Å². The van der Waals surface area contributed by atoms with Crippen LogP contribution in [0, 0.1) is 5.41 Å². The summed E-state index contributed by atoms with van der Waals surface area (Å²) in [6.07, 6.45) is 3.58. The van der Waals surface area contributed by atoms with Gasteiger partial charge in [-0.2, -0.15) is 4.98 Å². The van der Waals surface area contributed by atoms with Crippen LogP contribution in [0.15, 0.2) is 23.1 Å². The molecule has 2 fully saturated rings. The molecule has 5 rings (SSSR count). The van der Waals surface area contributed by atoms with Crippen LogP contribution in [-0.2, 0) is 11.8 Å². The summed E-state index contributed by atoms with van der Waals surface area (Å²) in [4.78, 5) is 24.3. The van der Waals surface area contributed by atoms with Crippen LogP contribution in [0.1, 0.15) is 36.9 Å². The SMILES string of the molecule is C[C@@H]1OCC2(CCN(c3nc4c(c(=O)n3C)C(c3ccnc(N)c3)NN4)CC2)[C@@H]1N. The Kier molecular flexibility index (Phi) is 4.46. The average Bonchev–Trinajstić information content (AvgIpc) is 3.29. The highest BCUT2D eigenvalue weighted by Gasteiger charge is 2.48. The molecule has 10 heteroatoms. The molecule has 160 valence electrons. The largest absolute Gasteiger partial charge is 0.384 e. The molecule has 30 heavy (non-hydrogen) atoms. The Bertz CT molecular complexity index is 1030. The number of rotatable bonds is 2. The first kappa shape index (κ1) is 19.3. The maximum Gasteiger partial charge on any atom is 0.262 e. The quantitative estimate of drug-likeness (QED) is 0.542. The Labute approximate surface area is 174 Å². The second kappa shape index (κ2) is 6.93. The molecule has 5 heterocycles. The van der Waals surface area contributed by atoms with Crippen LogP contribution in [-0.4, -0.2) is 46.4 Å². The number of hydrogen-bond donors (Lipinski definition) is 4. The Morgan fingerprint density at radius 1 is 1.33 bits per heavy atom. The molecule has 10 nitrogen and oxygen atoms in total. The topological polar surface area (TPSA) is 136 Å². The minimum atomic E-state index is -0.328. The van der Waals surface area contributed by atoms with Crippen molar-refractivity contribution in [1.29, 1.82) is 0 Å². The highest BCUT2D eigenvalue weighted by atomic mass is 16.5. The molecule has 0 aliphatic carbocycles. The van der Waals surface area contributed by atoms with Gasteiger partial charge in [0.15, 0.2) is 5.82 Å². The molecule has 1 spiro atoms. The maximum atomic E-state index is 13.3. The molecule has 1 unspecified atom stereocenters. The number of nitrogens with zero attached hydrogens (tertiary/aromatic N) is 4. The van der Waals surface area contributed by atoms with Gasteiger partial charge in [-0.25, -0.2) is 10.4 Å². The Balaban J connectivity index is 1.43. The number of nitrogens with two attached hydrogens (primary N) is 2. The zero-order valence-electron chi connectivity index (χ0n) is 17.3. The number of pyridine rings is 1. The first-order chi connectivity index (χ1) is 14.4. The highest BCUT2D eigenvalue weighted by Crippen LogP contribution is 2.42. The summed E-state index contributed by atoms with van der Waals surface area (Å²) in [6, 6.07) is 3.33. The van der Waals surface area contributed by atoms with Crippen LogP contribution in [0.3, 0.4) is 0 Å². The van der Waals surface area contributed by atoms with Gasteiger partial charge in [0.1, 0.15) is 5.82 Å². The summed E-state index contributed by atoms with van der Waals surface area (Å²) in [5, 5.41) is 0. The van der Waals surface area contributed by atoms with Crippen LogP contribution in [0.5, 0.6) is 0 Å². The molecule has 2 saturated heterocycles. The summed E-state index contributed by atoms with van der Waals surface area (Å²) in [5.74, 6) is 1.64. The standard InChI is InChI=1S/C20H28N8O2/c1-11-16(22)20(10-30-11)4-7-28(8-5-20)19-24-17-14(18(29)27(19)2)15(25-26-17)12-3-6-23-13(21)9-12/h3,6,9,11,15-16,25-26H,4-5,7-8,10,22H2,1-2H3,(H2,21,23)/t11-,15?,16+/m0/s1. The molecule has 0 aromatic carbocycles. The van der Waals surface area contributed by atoms with Gasteiger partial charge in [-0.1, -0.05) is 0 Å². The molecule has 2 aromatic rings. The van der Waals surface area contributed by atoms with Gasteiger partial charge in [-0.05, 0) is 37.5 Å². The first-order valence-electron chi connectivity index (χ1n) is 10.4. The van der Waals surface area contributed by atoms with Crippen LogP contribution >= 0.6 is 0 Å². The van der Waals surface area contributed by atoms with Gasteiger partial charge in [0.2, 0.25) is 5.95 Å². The summed E-state index contributed by atoms with van der Waals surface area (Å²) in [6.45, 7) is 4.34. The van der Waals surface area contributed by atoms with Crippen molar-refractivity contribution in [3.05, 3.63) is 39.8 Å². The van der Waals surface area contributed by atoms with Crippen LogP contribution < -0.4 is 32.8 Å². The van der Waals surface area contributed by atoms with E-state index in [4.69, 9.17) is 21.2 Å². The lowest BCUT2D eigenvalue weighted by molar-refractivity contribution is 0.0973. The number of aromatic nitrogens is 3. The summed E-state index contributed by atoms with van der Waals surface area (Å²) in [7, 11) is 1.78. The predicted molar refractivity (Wildman–Crippen MR) is 114 cm³/mol. The fourth-order valence-corrected chi connectivity index (χ4v) is 4.98. The molecule has 2 aromatic heterocycles. The third kappa shape index (κ3) is 2.86. The lowest BCUT2D eigenvalue weighted by Gasteiger charge is -2.41. The lowest BCUT2D eigenvalue weighted by atomic mass is 9.73. The molecular weight excluding hydrogens is 384 g/mol. The van der Waals surface area contributed by atoms with E-state index in [0.29, 0.717) is 29.8 Å². The van der Waals surface area contributed by atoms with Gasteiger partial charge < -0.3 is 26.5 Å². The van der Waals surface area contributed by atoms with E-state index in [1.807, 2.05) is 13.0 Å². The molecule has 3 aliphatic heterocycles. The molecule has 0 bridgehead atoms. The fraction of sp³-hybridized carbons (Fsp3) is 0.550. The van der Waals surface area contributed by atoms with Gasteiger partial charge in [-0.15, -0.1) is 0 Å². The molecule has 3 aliphatic rings. The lowest BCUT2D eigenvalue weighted by Crippen LogP contribution is -2.51. The van der Waals surface area contributed by atoms with Crippen LogP contribution in [0.2, 0.25) is 0 Å². The average molecular weight is 412 g/mol. The summed E-state index contributed by atoms with van der Waals surface area (Å²) >= 11 is 0. The van der Waals surface area contributed by atoms with Crippen molar-refractivity contribution >= 4 is 17.6 Å². The van der Waals surface area contributed by atoms with E-state index in [-0.39, 0.29) is 29.2 Å². The molecule has 3 atom stereocenters. The van der Waals surface area contributed by atoms with E-state index < -0.39 is 0 Å². The molecule has 0 saturated carbocycles. The van der Waals surface area contributed by atoms with Crippen molar-refractivity contribution in [3.63, 3.8) is 0 Å². The number of nitrogen functional groups attached to an aromatic ring is 1. The van der Waals surface area contributed by atoms with Crippen molar-refractivity contribution in [2.24, 2.45) is 18.2 Å². The summed E-state index contributed by atoms with van der Waals surface area (Å²) < 4.78 is 7.45. The van der Waals surface area contributed by atoms with Gasteiger partial charge >= 0.3 is 0 Å². The van der Waals surface area contributed by atoms with Crippen molar-refractivity contribution in [2.75, 3.05) is 35.8 Å². The van der Waals surface area contributed by atoms with Gasteiger partial charge in [0.25, 0.3) is 5.56 Å². The number of nitrogens with one attached hydrogen (secondary N) is 2.